The fourth-order valence-electron chi connectivity index (χ4n) is 4.63. The van der Waals surface area contributed by atoms with E-state index in [-0.39, 0.29) is 5.41 Å². The number of piperidine rings is 1. The first-order valence-electron chi connectivity index (χ1n) is 10.7. The highest BCUT2D eigenvalue weighted by Gasteiger charge is 2.43. The summed E-state index contributed by atoms with van der Waals surface area (Å²) in [5.74, 6) is 0.434. The summed E-state index contributed by atoms with van der Waals surface area (Å²) in [5, 5.41) is 23.0. The number of thiazole rings is 1. The van der Waals surface area contributed by atoms with Gasteiger partial charge in [0.25, 0.3) is 0 Å². The molecule has 0 aliphatic carbocycles. The number of hydrogen-bond acceptors (Lipinski definition) is 8. The molecule has 10 heteroatoms. The number of aliphatic carboxylic acids is 1. The molecule has 1 fully saturated rings. The maximum absolute atomic E-state index is 11.7. The molecule has 1 saturated heterocycles. The highest BCUT2D eigenvalue weighted by Crippen LogP contribution is 2.46. The van der Waals surface area contributed by atoms with E-state index in [0.29, 0.717) is 5.82 Å². The standard InChI is InChI=1S/C22H26N6O3S/c1-21(2,3)17(19(29)30)28-25-18(24-26-28)16-12-23-20(32-16)27-10-8-22(9-11-27)13-31-15-7-5-4-6-14(15)22/h4-7,12,17H,8-11,13H2,1-3H3,(H,29,30). The summed E-state index contributed by atoms with van der Waals surface area (Å²) in [7, 11) is 0. The Morgan fingerprint density at radius 2 is 2.00 bits per heavy atom. The molecule has 0 bridgehead atoms. The van der Waals surface area contributed by atoms with Gasteiger partial charge in [0.2, 0.25) is 5.82 Å². The van der Waals surface area contributed by atoms with Crippen molar-refractivity contribution in [2.45, 2.75) is 45.1 Å². The largest absolute Gasteiger partial charge is 0.492 e. The number of nitrogens with zero attached hydrogens (tertiary/aromatic N) is 6. The SMILES string of the molecule is CC(C)(C)C(C(=O)O)n1nnc(-c2cnc(N3CCC4(CC3)COc3ccccc34)s2)n1. The summed E-state index contributed by atoms with van der Waals surface area (Å²) < 4.78 is 5.96. The molecule has 5 rings (SSSR count). The molecule has 4 heterocycles. The molecule has 0 saturated carbocycles. The molecule has 1 aromatic carbocycles. The third-order valence-electron chi connectivity index (χ3n) is 6.38. The monoisotopic (exact) mass is 454 g/mol. The normalized spacial score (nSPS) is 18.4. The van der Waals surface area contributed by atoms with Crippen molar-refractivity contribution in [2.75, 3.05) is 24.6 Å². The minimum absolute atomic E-state index is 0.0935. The van der Waals surface area contributed by atoms with E-state index in [9.17, 15) is 9.90 Å². The molecule has 1 N–H and O–H groups in total. The Hall–Kier alpha value is -3.01. The number of para-hydroxylation sites is 1. The molecule has 0 radical (unpaired) electrons. The zero-order chi connectivity index (χ0) is 22.5. The van der Waals surface area contributed by atoms with Gasteiger partial charge >= 0.3 is 5.97 Å². The van der Waals surface area contributed by atoms with E-state index in [1.54, 1.807) is 6.20 Å². The van der Waals surface area contributed by atoms with Crippen LogP contribution in [0.5, 0.6) is 5.75 Å². The fourth-order valence-corrected chi connectivity index (χ4v) is 5.52. The van der Waals surface area contributed by atoms with Crippen LogP contribution in [0.1, 0.15) is 45.2 Å². The Morgan fingerprint density at radius 1 is 1.25 bits per heavy atom. The average molecular weight is 455 g/mol. The van der Waals surface area contributed by atoms with Gasteiger partial charge in [0.05, 0.1) is 17.7 Å². The van der Waals surface area contributed by atoms with Crippen molar-refractivity contribution < 1.29 is 14.6 Å². The number of benzene rings is 1. The van der Waals surface area contributed by atoms with Gasteiger partial charge in [-0.3, -0.25) is 0 Å². The number of rotatable bonds is 4. The number of carboxylic acid groups (broad SMARTS) is 1. The van der Waals surface area contributed by atoms with E-state index in [1.165, 1.54) is 21.7 Å². The topological polar surface area (TPSA) is 106 Å². The minimum atomic E-state index is -0.980. The van der Waals surface area contributed by atoms with E-state index < -0.39 is 17.4 Å². The lowest BCUT2D eigenvalue weighted by Gasteiger charge is -2.38. The van der Waals surface area contributed by atoms with Crippen LogP contribution in [0.4, 0.5) is 5.13 Å². The van der Waals surface area contributed by atoms with Crippen molar-refractivity contribution in [3.63, 3.8) is 0 Å². The van der Waals surface area contributed by atoms with Crippen LogP contribution in [0.15, 0.2) is 30.5 Å². The summed E-state index contributed by atoms with van der Waals surface area (Å²) in [5.41, 5.74) is 0.873. The molecule has 1 spiro atoms. The Balaban J connectivity index is 1.31. The minimum Gasteiger partial charge on any atom is -0.492 e. The van der Waals surface area contributed by atoms with Crippen molar-refractivity contribution >= 4 is 22.4 Å². The summed E-state index contributed by atoms with van der Waals surface area (Å²) in [6, 6.07) is 7.46. The third-order valence-corrected chi connectivity index (χ3v) is 7.43. The van der Waals surface area contributed by atoms with Crippen LogP contribution in [0.25, 0.3) is 10.7 Å². The van der Waals surface area contributed by atoms with Crippen molar-refractivity contribution in [1.82, 2.24) is 25.2 Å². The second-order valence-corrected chi connectivity index (χ2v) is 10.6. The van der Waals surface area contributed by atoms with Gasteiger partial charge in [0.1, 0.15) is 5.75 Å². The van der Waals surface area contributed by atoms with Crippen LogP contribution in [-0.4, -0.2) is 56.0 Å². The van der Waals surface area contributed by atoms with Gasteiger partial charge in [0, 0.05) is 24.1 Å². The first-order chi connectivity index (χ1) is 15.3. The van der Waals surface area contributed by atoms with Crippen LogP contribution in [-0.2, 0) is 10.2 Å². The van der Waals surface area contributed by atoms with Gasteiger partial charge in [-0.1, -0.05) is 50.3 Å². The van der Waals surface area contributed by atoms with E-state index >= 15 is 0 Å². The van der Waals surface area contributed by atoms with E-state index in [4.69, 9.17) is 4.74 Å². The fraction of sp³-hybridized carbons (Fsp3) is 0.500. The highest BCUT2D eigenvalue weighted by molar-refractivity contribution is 7.18. The maximum Gasteiger partial charge on any atom is 0.331 e. The van der Waals surface area contributed by atoms with Crippen LogP contribution >= 0.6 is 11.3 Å². The molecule has 1 atom stereocenters. The van der Waals surface area contributed by atoms with Gasteiger partial charge in [-0.25, -0.2) is 9.78 Å². The smallest absolute Gasteiger partial charge is 0.331 e. The Bertz CT molecular complexity index is 1140. The number of anilines is 1. The van der Waals surface area contributed by atoms with Gasteiger partial charge in [-0.15, -0.1) is 15.0 Å². The lowest BCUT2D eigenvalue weighted by Crippen LogP contribution is -2.43. The second-order valence-electron chi connectivity index (χ2n) is 9.60. The number of carbonyl (C=O) groups is 1. The van der Waals surface area contributed by atoms with Crippen LogP contribution in [0, 0.1) is 5.41 Å². The summed E-state index contributed by atoms with van der Waals surface area (Å²) in [6.07, 6.45) is 3.77. The van der Waals surface area contributed by atoms with E-state index in [2.05, 4.69) is 43.5 Å². The molecular weight excluding hydrogens is 428 g/mol. The molecule has 2 aromatic heterocycles. The van der Waals surface area contributed by atoms with Gasteiger partial charge in [-0.2, -0.15) is 0 Å². The predicted octanol–water partition coefficient (Wildman–Crippen LogP) is 3.40. The van der Waals surface area contributed by atoms with Crippen LogP contribution in [0.2, 0.25) is 0 Å². The molecular formula is C22H26N6O3S. The Labute approximate surface area is 190 Å². The lowest BCUT2D eigenvalue weighted by molar-refractivity contribution is -0.145. The van der Waals surface area contributed by atoms with Crippen LogP contribution in [0.3, 0.4) is 0 Å². The molecule has 3 aromatic rings. The van der Waals surface area contributed by atoms with Gasteiger partial charge in [0.15, 0.2) is 11.2 Å². The third kappa shape index (κ3) is 3.52. The van der Waals surface area contributed by atoms with Gasteiger partial charge in [-0.05, 0) is 29.5 Å². The van der Waals surface area contributed by atoms with Gasteiger partial charge < -0.3 is 14.7 Å². The average Bonchev–Trinajstić information content (AvgIpc) is 3.48. The first-order valence-corrected chi connectivity index (χ1v) is 11.5. The molecule has 2 aliphatic heterocycles. The number of hydrogen-bond donors (Lipinski definition) is 1. The molecule has 2 aliphatic rings. The van der Waals surface area contributed by atoms with Crippen molar-refractivity contribution in [3.8, 4) is 16.5 Å². The molecule has 0 amide bonds. The molecule has 168 valence electrons. The molecule has 32 heavy (non-hydrogen) atoms. The Morgan fingerprint density at radius 3 is 2.72 bits per heavy atom. The summed E-state index contributed by atoms with van der Waals surface area (Å²) in [4.78, 5) is 20.6. The number of aromatic nitrogens is 5. The Kier molecular flexibility index (Phi) is 4.92. The maximum atomic E-state index is 11.7. The van der Waals surface area contributed by atoms with Crippen molar-refractivity contribution in [1.29, 1.82) is 0 Å². The number of ether oxygens (including phenoxy) is 1. The summed E-state index contributed by atoms with van der Waals surface area (Å²) >= 11 is 1.51. The summed E-state index contributed by atoms with van der Waals surface area (Å²) in [6.45, 7) is 8.07. The molecule has 1 unspecified atom stereocenters. The number of carboxylic acids is 1. The van der Waals surface area contributed by atoms with Crippen molar-refractivity contribution in [2.24, 2.45) is 5.41 Å². The number of fused-ring (bicyclic) bond motifs is 2. The van der Waals surface area contributed by atoms with E-state index in [0.717, 1.165) is 48.3 Å². The van der Waals surface area contributed by atoms with E-state index in [1.807, 2.05) is 26.8 Å². The van der Waals surface area contributed by atoms with Crippen molar-refractivity contribution in [3.05, 3.63) is 36.0 Å². The predicted molar refractivity (Wildman–Crippen MR) is 120 cm³/mol. The quantitative estimate of drug-likeness (QED) is 0.639. The second kappa shape index (κ2) is 7.54. The zero-order valence-corrected chi connectivity index (χ0v) is 19.2. The zero-order valence-electron chi connectivity index (χ0n) is 18.4. The lowest BCUT2D eigenvalue weighted by atomic mass is 9.74. The highest BCUT2D eigenvalue weighted by atomic mass is 32.1. The first kappa shape index (κ1) is 20.9. The number of tetrazole rings is 1. The molecule has 9 nitrogen and oxygen atoms in total. The van der Waals surface area contributed by atoms with Crippen LogP contribution < -0.4 is 9.64 Å².